The molecule has 0 aromatic heterocycles. The number of nitrogens with zero attached hydrogens (tertiary/aromatic N) is 1. The van der Waals surface area contributed by atoms with Gasteiger partial charge >= 0.3 is 0 Å². The highest BCUT2D eigenvalue weighted by Gasteiger charge is 2.40. The highest BCUT2D eigenvalue weighted by molar-refractivity contribution is 4.97. The standard InChI is InChI=1S/C12H26N2O/c1-5-11(2,3)14(4)12(10-13)6-8-15-9-7-12/h5-10,13H2,1-4H3. The van der Waals surface area contributed by atoms with E-state index in [4.69, 9.17) is 10.5 Å². The molecule has 1 saturated heterocycles. The maximum atomic E-state index is 5.99. The van der Waals surface area contributed by atoms with Gasteiger partial charge in [0.1, 0.15) is 0 Å². The molecule has 2 N–H and O–H groups in total. The lowest BCUT2D eigenvalue weighted by atomic mass is 9.83. The average Bonchev–Trinajstić information content (AvgIpc) is 2.29. The Bertz CT molecular complexity index is 198. The molecule has 0 aromatic rings. The van der Waals surface area contributed by atoms with Gasteiger partial charge in [0.15, 0.2) is 0 Å². The van der Waals surface area contributed by atoms with Crippen molar-refractivity contribution in [2.75, 3.05) is 26.8 Å². The van der Waals surface area contributed by atoms with Gasteiger partial charge in [-0.2, -0.15) is 0 Å². The molecule has 15 heavy (non-hydrogen) atoms. The van der Waals surface area contributed by atoms with Crippen LogP contribution in [0.1, 0.15) is 40.0 Å². The van der Waals surface area contributed by atoms with Crippen LogP contribution in [0.2, 0.25) is 0 Å². The molecule has 0 aromatic carbocycles. The first-order chi connectivity index (χ1) is 6.98. The Morgan fingerprint density at radius 2 is 1.87 bits per heavy atom. The van der Waals surface area contributed by atoms with Crippen molar-refractivity contribution in [2.45, 2.75) is 51.1 Å². The molecule has 0 bridgehead atoms. The lowest BCUT2D eigenvalue weighted by Gasteiger charge is -2.51. The zero-order chi connectivity index (χ0) is 11.5. The molecule has 1 aliphatic rings. The molecule has 90 valence electrons. The van der Waals surface area contributed by atoms with E-state index >= 15 is 0 Å². The lowest BCUT2D eigenvalue weighted by Crippen LogP contribution is -2.61. The summed E-state index contributed by atoms with van der Waals surface area (Å²) in [5.41, 5.74) is 6.36. The van der Waals surface area contributed by atoms with Crippen molar-refractivity contribution in [3.8, 4) is 0 Å². The topological polar surface area (TPSA) is 38.5 Å². The number of hydrogen-bond donors (Lipinski definition) is 1. The van der Waals surface area contributed by atoms with E-state index in [-0.39, 0.29) is 11.1 Å². The van der Waals surface area contributed by atoms with Crippen LogP contribution >= 0.6 is 0 Å². The SMILES string of the molecule is CCC(C)(C)N(C)C1(CN)CCOCC1. The summed E-state index contributed by atoms with van der Waals surface area (Å²) in [7, 11) is 2.21. The molecule has 0 spiro atoms. The average molecular weight is 214 g/mol. The molecule has 1 rings (SSSR count). The molecular formula is C12H26N2O. The van der Waals surface area contributed by atoms with Crippen molar-refractivity contribution >= 4 is 0 Å². The van der Waals surface area contributed by atoms with Gasteiger partial charge in [-0.3, -0.25) is 4.90 Å². The highest BCUT2D eigenvalue weighted by atomic mass is 16.5. The van der Waals surface area contributed by atoms with Gasteiger partial charge in [-0.05, 0) is 40.2 Å². The van der Waals surface area contributed by atoms with E-state index < -0.39 is 0 Å². The Hall–Kier alpha value is -0.120. The van der Waals surface area contributed by atoms with Crippen molar-refractivity contribution in [1.82, 2.24) is 4.90 Å². The zero-order valence-electron chi connectivity index (χ0n) is 10.7. The van der Waals surface area contributed by atoms with Crippen molar-refractivity contribution in [2.24, 2.45) is 5.73 Å². The van der Waals surface area contributed by atoms with Crippen molar-refractivity contribution in [3.63, 3.8) is 0 Å². The highest BCUT2D eigenvalue weighted by Crippen LogP contribution is 2.32. The van der Waals surface area contributed by atoms with Gasteiger partial charge in [0.05, 0.1) is 0 Å². The summed E-state index contributed by atoms with van der Waals surface area (Å²) < 4.78 is 5.44. The van der Waals surface area contributed by atoms with E-state index in [1.165, 1.54) is 0 Å². The number of rotatable bonds is 4. The third kappa shape index (κ3) is 2.52. The maximum Gasteiger partial charge on any atom is 0.0484 e. The molecule has 0 atom stereocenters. The first-order valence-electron chi connectivity index (χ1n) is 6.00. The quantitative estimate of drug-likeness (QED) is 0.773. The number of hydrogen-bond acceptors (Lipinski definition) is 3. The van der Waals surface area contributed by atoms with Gasteiger partial charge in [-0.1, -0.05) is 6.92 Å². The van der Waals surface area contributed by atoms with E-state index in [2.05, 4.69) is 32.7 Å². The molecule has 0 unspecified atom stereocenters. The smallest absolute Gasteiger partial charge is 0.0484 e. The van der Waals surface area contributed by atoms with Crippen molar-refractivity contribution in [1.29, 1.82) is 0 Å². The van der Waals surface area contributed by atoms with Gasteiger partial charge in [-0.15, -0.1) is 0 Å². The minimum absolute atomic E-state index is 0.151. The first kappa shape index (κ1) is 12.9. The summed E-state index contributed by atoms with van der Waals surface area (Å²) >= 11 is 0. The molecular weight excluding hydrogens is 188 g/mol. The summed E-state index contributed by atoms with van der Waals surface area (Å²) in [5, 5.41) is 0. The Morgan fingerprint density at radius 1 is 1.33 bits per heavy atom. The molecule has 0 radical (unpaired) electrons. The van der Waals surface area contributed by atoms with Gasteiger partial charge in [0.2, 0.25) is 0 Å². The largest absolute Gasteiger partial charge is 0.381 e. The van der Waals surface area contributed by atoms with Crippen molar-refractivity contribution < 1.29 is 4.74 Å². The Kier molecular flexibility index (Phi) is 4.15. The first-order valence-corrected chi connectivity index (χ1v) is 6.00. The zero-order valence-corrected chi connectivity index (χ0v) is 10.7. The van der Waals surface area contributed by atoms with Crippen LogP contribution < -0.4 is 5.73 Å². The second-order valence-electron chi connectivity index (χ2n) is 5.27. The van der Waals surface area contributed by atoms with E-state index in [1.807, 2.05) is 0 Å². The van der Waals surface area contributed by atoms with Crippen LogP contribution in [0, 0.1) is 0 Å². The maximum absolute atomic E-state index is 5.99. The second-order valence-corrected chi connectivity index (χ2v) is 5.27. The minimum atomic E-state index is 0.151. The predicted molar refractivity (Wildman–Crippen MR) is 64.0 cm³/mol. The van der Waals surface area contributed by atoms with Crippen LogP contribution in [-0.2, 0) is 4.74 Å². The molecule has 1 aliphatic heterocycles. The van der Waals surface area contributed by atoms with Crippen LogP contribution in [-0.4, -0.2) is 42.8 Å². The minimum Gasteiger partial charge on any atom is -0.381 e. The molecule has 1 fully saturated rings. The third-order valence-electron chi connectivity index (χ3n) is 4.29. The van der Waals surface area contributed by atoms with E-state index in [0.29, 0.717) is 0 Å². The fourth-order valence-electron chi connectivity index (χ4n) is 2.31. The van der Waals surface area contributed by atoms with Crippen LogP contribution in [0.4, 0.5) is 0 Å². The van der Waals surface area contributed by atoms with Crippen LogP contribution in [0.15, 0.2) is 0 Å². The summed E-state index contributed by atoms with van der Waals surface area (Å²) in [6, 6.07) is 0. The van der Waals surface area contributed by atoms with Crippen LogP contribution in [0.25, 0.3) is 0 Å². The molecule has 3 nitrogen and oxygen atoms in total. The van der Waals surface area contributed by atoms with Crippen molar-refractivity contribution in [3.05, 3.63) is 0 Å². The number of nitrogens with two attached hydrogens (primary N) is 1. The molecule has 0 amide bonds. The molecule has 0 aliphatic carbocycles. The normalized spacial score (nSPS) is 22.0. The Morgan fingerprint density at radius 3 is 2.27 bits per heavy atom. The summed E-state index contributed by atoms with van der Waals surface area (Å²) in [4.78, 5) is 2.47. The molecule has 1 heterocycles. The van der Waals surface area contributed by atoms with E-state index in [0.717, 1.165) is 39.0 Å². The van der Waals surface area contributed by atoms with Crippen LogP contribution in [0.5, 0.6) is 0 Å². The van der Waals surface area contributed by atoms with Gasteiger partial charge in [0.25, 0.3) is 0 Å². The fraction of sp³-hybridized carbons (Fsp3) is 1.00. The molecule has 3 heteroatoms. The monoisotopic (exact) mass is 214 g/mol. The lowest BCUT2D eigenvalue weighted by molar-refractivity contribution is -0.0539. The fourth-order valence-corrected chi connectivity index (χ4v) is 2.31. The predicted octanol–water partition coefficient (Wildman–Crippen LogP) is 1.61. The van der Waals surface area contributed by atoms with Gasteiger partial charge < -0.3 is 10.5 Å². The Balaban J connectivity index is 2.80. The Labute approximate surface area is 94.0 Å². The second kappa shape index (κ2) is 4.81. The van der Waals surface area contributed by atoms with Crippen LogP contribution in [0.3, 0.4) is 0 Å². The van der Waals surface area contributed by atoms with E-state index in [1.54, 1.807) is 0 Å². The number of ether oxygens (including phenoxy) is 1. The summed E-state index contributed by atoms with van der Waals surface area (Å²) in [6.45, 7) is 9.25. The number of likely N-dealkylation sites (N-methyl/N-ethyl adjacent to an activating group) is 1. The molecule has 0 saturated carbocycles. The van der Waals surface area contributed by atoms with Gasteiger partial charge in [0, 0.05) is 30.8 Å². The van der Waals surface area contributed by atoms with E-state index in [9.17, 15) is 0 Å². The summed E-state index contributed by atoms with van der Waals surface area (Å²) in [5.74, 6) is 0. The third-order valence-corrected chi connectivity index (χ3v) is 4.29. The summed E-state index contributed by atoms with van der Waals surface area (Å²) in [6.07, 6.45) is 3.26. The van der Waals surface area contributed by atoms with Gasteiger partial charge in [-0.25, -0.2) is 0 Å².